The minimum absolute atomic E-state index is 0.0502. The lowest BCUT2D eigenvalue weighted by atomic mass is 10.1. The summed E-state index contributed by atoms with van der Waals surface area (Å²) < 4.78 is 0. The molecule has 0 bridgehead atoms. The van der Waals surface area contributed by atoms with Crippen LogP contribution in [0.1, 0.15) is 35.4 Å². The molecule has 0 spiro atoms. The van der Waals surface area contributed by atoms with Crippen LogP contribution in [0.3, 0.4) is 0 Å². The first kappa shape index (κ1) is 21.0. The van der Waals surface area contributed by atoms with Gasteiger partial charge in [0.05, 0.1) is 6.04 Å². The van der Waals surface area contributed by atoms with Crippen LogP contribution in [0, 0.1) is 0 Å². The Morgan fingerprint density at radius 1 is 1.36 bits per heavy atom. The van der Waals surface area contributed by atoms with Gasteiger partial charge in [0.2, 0.25) is 5.91 Å². The van der Waals surface area contributed by atoms with Gasteiger partial charge in [-0.05, 0) is 48.1 Å². The lowest BCUT2D eigenvalue weighted by molar-refractivity contribution is -0.131. The Labute approximate surface area is 179 Å². The Kier molecular flexibility index (Phi) is 7.21. The average molecular weight is 439 g/mol. The van der Waals surface area contributed by atoms with Crippen LogP contribution in [0.2, 0.25) is 10.0 Å². The molecule has 1 aromatic heterocycles. The number of benzene rings is 1. The van der Waals surface area contributed by atoms with Gasteiger partial charge in [0.25, 0.3) is 0 Å². The van der Waals surface area contributed by atoms with Crippen molar-refractivity contribution in [1.29, 1.82) is 0 Å². The number of amides is 1. The van der Waals surface area contributed by atoms with E-state index in [1.54, 1.807) is 24.5 Å². The predicted molar refractivity (Wildman–Crippen MR) is 117 cm³/mol. The van der Waals surface area contributed by atoms with Crippen LogP contribution >= 0.6 is 34.5 Å². The minimum atomic E-state index is -0.0502. The van der Waals surface area contributed by atoms with Gasteiger partial charge in [0.1, 0.15) is 0 Å². The molecule has 2 aromatic rings. The van der Waals surface area contributed by atoms with Crippen LogP contribution in [0.4, 0.5) is 0 Å². The number of carbonyl (C=O) groups excluding carboxylic acids is 1. The maximum absolute atomic E-state index is 12.5. The lowest BCUT2D eigenvalue weighted by Crippen LogP contribution is -2.41. The number of thiophene rings is 1. The molecule has 0 fully saturated rings. The molecule has 1 aromatic carbocycles. The summed E-state index contributed by atoms with van der Waals surface area (Å²) in [5.74, 6) is 0.790. The Morgan fingerprint density at radius 3 is 2.93 bits per heavy atom. The molecule has 1 aliphatic heterocycles. The maximum atomic E-state index is 12.5. The van der Waals surface area contributed by atoms with Crippen molar-refractivity contribution in [2.24, 2.45) is 4.99 Å². The van der Waals surface area contributed by atoms with E-state index < -0.39 is 0 Å². The van der Waals surface area contributed by atoms with E-state index in [4.69, 9.17) is 23.2 Å². The normalized spacial score (nSPS) is 15.1. The topological polar surface area (TPSA) is 56.7 Å². The zero-order chi connectivity index (χ0) is 20.1. The number of hydrogen-bond acceptors (Lipinski definition) is 3. The molecule has 28 heavy (non-hydrogen) atoms. The first-order valence-corrected chi connectivity index (χ1v) is 10.9. The molecule has 1 atom stereocenters. The van der Waals surface area contributed by atoms with Gasteiger partial charge in [-0.25, -0.2) is 0 Å². The molecule has 1 amide bonds. The molecule has 0 saturated heterocycles. The largest absolute Gasteiger partial charge is 0.356 e. The third kappa shape index (κ3) is 5.19. The summed E-state index contributed by atoms with van der Waals surface area (Å²) >= 11 is 14.0. The second-order valence-corrected chi connectivity index (χ2v) is 8.56. The minimum Gasteiger partial charge on any atom is -0.356 e. The fourth-order valence-corrected chi connectivity index (χ4v) is 4.70. The number of nitrogens with one attached hydrogen (secondary N) is 2. The third-order valence-corrected chi connectivity index (χ3v) is 6.38. The molecule has 1 aliphatic rings. The zero-order valence-corrected chi connectivity index (χ0v) is 18.3. The van der Waals surface area contributed by atoms with E-state index in [1.807, 2.05) is 24.0 Å². The van der Waals surface area contributed by atoms with Crippen molar-refractivity contribution >= 4 is 46.4 Å². The van der Waals surface area contributed by atoms with Gasteiger partial charge < -0.3 is 15.5 Å². The van der Waals surface area contributed by atoms with E-state index in [1.165, 1.54) is 10.4 Å². The smallest absolute Gasteiger partial charge is 0.224 e. The molecular weight excluding hydrogens is 415 g/mol. The lowest BCUT2D eigenvalue weighted by Gasteiger charge is -2.27. The van der Waals surface area contributed by atoms with Crippen LogP contribution in [-0.2, 0) is 17.8 Å². The highest BCUT2D eigenvalue weighted by Gasteiger charge is 2.21. The fraction of sp³-hybridized carbons (Fsp3) is 0.400. The van der Waals surface area contributed by atoms with Gasteiger partial charge in [0.15, 0.2) is 5.96 Å². The van der Waals surface area contributed by atoms with Gasteiger partial charge in [-0.1, -0.05) is 29.3 Å². The Hall–Kier alpha value is -1.76. The van der Waals surface area contributed by atoms with Crippen LogP contribution in [0.5, 0.6) is 0 Å². The van der Waals surface area contributed by atoms with Crippen LogP contribution in [-0.4, -0.2) is 36.9 Å². The summed E-state index contributed by atoms with van der Waals surface area (Å²) in [7, 11) is 1.70. The van der Waals surface area contributed by atoms with E-state index in [0.717, 1.165) is 25.1 Å². The van der Waals surface area contributed by atoms with Crippen molar-refractivity contribution in [3.63, 3.8) is 0 Å². The highest BCUT2D eigenvalue weighted by molar-refractivity contribution is 7.10. The van der Waals surface area contributed by atoms with Crippen molar-refractivity contribution in [1.82, 2.24) is 15.5 Å². The Balaban J connectivity index is 1.47. The van der Waals surface area contributed by atoms with Crippen molar-refractivity contribution in [2.75, 3.05) is 20.1 Å². The average Bonchev–Trinajstić information content (AvgIpc) is 3.14. The molecule has 8 heteroatoms. The van der Waals surface area contributed by atoms with Gasteiger partial charge in [-0.2, -0.15) is 0 Å². The van der Waals surface area contributed by atoms with Gasteiger partial charge in [-0.3, -0.25) is 9.79 Å². The molecule has 150 valence electrons. The first-order chi connectivity index (χ1) is 13.5. The summed E-state index contributed by atoms with van der Waals surface area (Å²) in [6.07, 6.45) is 1.38. The molecule has 3 rings (SSSR count). The molecule has 0 aliphatic carbocycles. The highest BCUT2D eigenvalue weighted by atomic mass is 35.5. The predicted octanol–water partition coefficient (Wildman–Crippen LogP) is 4.26. The molecule has 0 saturated carbocycles. The van der Waals surface area contributed by atoms with Crippen molar-refractivity contribution < 1.29 is 4.79 Å². The monoisotopic (exact) mass is 438 g/mol. The number of hydrogen-bond donors (Lipinski definition) is 2. The van der Waals surface area contributed by atoms with E-state index in [0.29, 0.717) is 29.0 Å². The van der Waals surface area contributed by atoms with Gasteiger partial charge >= 0.3 is 0 Å². The molecule has 0 radical (unpaired) electrons. The Morgan fingerprint density at radius 2 is 2.18 bits per heavy atom. The molecule has 5 nitrogen and oxygen atoms in total. The number of halogens is 2. The number of guanidine groups is 1. The standard InChI is InChI=1S/C20H24Cl2N4OS/c1-13(16-4-3-15(21)11-17(16)22)25-20(23-2)24-8-5-19(27)26-9-6-18-14(12-26)7-10-28-18/h3-4,7,10-11,13H,5-6,8-9,12H2,1-2H3,(H2,23,24,25). The SMILES string of the molecule is CN=C(NCCC(=O)N1CCc2sccc2C1)NC(C)c1ccc(Cl)cc1Cl. The molecule has 2 heterocycles. The number of fused-ring (bicyclic) bond motifs is 1. The van der Waals surface area contributed by atoms with E-state index >= 15 is 0 Å². The maximum Gasteiger partial charge on any atom is 0.224 e. The molecule has 2 N–H and O–H groups in total. The fourth-order valence-electron chi connectivity index (χ4n) is 3.24. The van der Waals surface area contributed by atoms with Gasteiger partial charge in [0, 0.05) is 48.0 Å². The highest BCUT2D eigenvalue weighted by Crippen LogP contribution is 2.26. The zero-order valence-electron chi connectivity index (χ0n) is 16.0. The Bertz CT molecular complexity index is 868. The molecule has 1 unspecified atom stereocenters. The quantitative estimate of drug-likeness (QED) is 0.541. The third-order valence-electron chi connectivity index (χ3n) is 4.80. The van der Waals surface area contributed by atoms with E-state index in [-0.39, 0.29) is 11.9 Å². The molecular formula is C20H24Cl2N4OS. The number of rotatable bonds is 5. The summed E-state index contributed by atoms with van der Waals surface area (Å²) in [6.45, 7) is 4.04. The number of carbonyl (C=O) groups is 1. The van der Waals surface area contributed by atoms with E-state index in [9.17, 15) is 4.79 Å². The summed E-state index contributed by atoms with van der Waals surface area (Å²) in [5.41, 5.74) is 2.22. The van der Waals surface area contributed by atoms with E-state index in [2.05, 4.69) is 27.1 Å². The summed E-state index contributed by atoms with van der Waals surface area (Å²) in [6, 6.07) is 7.50. The number of nitrogens with zero attached hydrogens (tertiary/aromatic N) is 2. The summed E-state index contributed by atoms with van der Waals surface area (Å²) in [5, 5.41) is 9.82. The van der Waals surface area contributed by atoms with Crippen LogP contribution in [0.15, 0.2) is 34.6 Å². The van der Waals surface area contributed by atoms with Gasteiger partial charge in [-0.15, -0.1) is 11.3 Å². The summed E-state index contributed by atoms with van der Waals surface area (Å²) in [4.78, 5) is 20.1. The first-order valence-electron chi connectivity index (χ1n) is 9.23. The van der Waals surface area contributed by atoms with Crippen LogP contribution < -0.4 is 10.6 Å². The van der Waals surface area contributed by atoms with Crippen LogP contribution in [0.25, 0.3) is 0 Å². The van der Waals surface area contributed by atoms with Crippen molar-refractivity contribution in [3.05, 3.63) is 55.7 Å². The van der Waals surface area contributed by atoms with Crippen molar-refractivity contribution in [2.45, 2.75) is 32.4 Å². The second kappa shape index (κ2) is 9.63. The second-order valence-electron chi connectivity index (χ2n) is 6.72. The van der Waals surface area contributed by atoms with Crippen molar-refractivity contribution in [3.8, 4) is 0 Å². The number of aliphatic imine (C=N–C) groups is 1.